The molecular weight excluding hydrogens is 401 g/mol. The molecule has 0 spiro atoms. The fraction of sp³-hybridized carbons (Fsp3) is 0.111. The van der Waals surface area contributed by atoms with Gasteiger partial charge in [-0.3, -0.25) is 10.1 Å². The molecule has 3 aromatic rings. The molecule has 0 aliphatic carbocycles. The van der Waals surface area contributed by atoms with E-state index in [2.05, 4.69) is 26.1 Å². The van der Waals surface area contributed by atoms with Crippen LogP contribution in [0.3, 0.4) is 0 Å². The van der Waals surface area contributed by atoms with Crippen LogP contribution in [0.1, 0.15) is 5.56 Å². The number of carbonyl (C=O) groups is 2. The predicted octanol–water partition coefficient (Wildman–Crippen LogP) is 4.36. The summed E-state index contributed by atoms with van der Waals surface area (Å²) in [5.74, 6) is -0.369. The Bertz CT molecular complexity index is 978. The van der Waals surface area contributed by atoms with Crippen molar-refractivity contribution in [2.75, 3.05) is 21.7 Å². The maximum Gasteiger partial charge on any atom is 0.325 e. The number of aromatic nitrogens is 2. The molecule has 0 saturated heterocycles. The van der Waals surface area contributed by atoms with Crippen molar-refractivity contribution in [3.8, 4) is 0 Å². The molecule has 0 radical (unpaired) electrons. The normalized spacial score (nSPS) is 10.4. The van der Waals surface area contributed by atoms with Gasteiger partial charge in [0.2, 0.25) is 11.0 Å². The number of rotatable bonds is 6. The van der Waals surface area contributed by atoms with Crippen molar-refractivity contribution in [3.05, 3.63) is 59.9 Å². The number of anilines is 3. The molecule has 0 aliphatic rings. The Labute approximate surface area is 168 Å². The first kappa shape index (κ1) is 19.8. The van der Waals surface area contributed by atoms with Crippen molar-refractivity contribution in [1.82, 2.24) is 10.2 Å². The van der Waals surface area contributed by atoms with Gasteiger partial charge in [-0.2, -0.15) is 0 Å². The largest absolute Gasteiger partial charge is 0.325 e. The van der Waals surface area contributed by atoms with E-state index in [4.69, 9.17) is 0 Å². The SMILES string of the molecule is Cc1ccccc1NC(=O)CSc1nnc(NC(=O)Nc2ccc(F)cc2)s1. The molecule has 3 rings (SSSR count). The van der Waals surface area contributed by atoms with E-state index >= 15 is 0 Å². The quantitative estimate of drug-likeness (QED) is 0.409. The van der Waals surface area contributed by atoms with Crippen molar-refractivity contribution < 1.29 is 14.0 Å². The van der Waals surface area contributed by atoms with Gasteiger partial charge in [-0.05, 0) is 42.8 Å². The molecule has 0 bridgehead atoms. The topological polar surface area (TPSA) is 96.0 Å². The first-order chi connectivity index (χ1) is 13.5. The molecule has 0 fully saturated rings. The third-order valence-corrected chi connectivity index (χ3v) is 5.45. The second-order valence-corrected chi connectivity index (χ2v) is 7.81. The standard InChI is InChI=1S/C18H16FN5O2S2/c1-11-4-2-3-5-14(11)21-15(25)10-27-18-24-23-17(28-18)22-16(26)20-13-8-6-12(19)7-9-13/h2-9H,10H2,1H3,(H,21,25)(H2,20,22,23,26). The smallest absolute Gasteiger partial charge is 0.325 e. The Balaban J connectivity index is 1.47. The van der Waals surface area contributed by atoms with Crippen molar-refractivity contribution in [2.45, 2.75) is 11.3 Å². The first-order valence-corrected chi connectivity index (χ1v) is 9.95. The molecule has 3 N–H and O–H groups in total. The maximum atomic E-state index is 12.9. The summed E-state index contributed by atoms with van der Waals surface area (Å²) in [6, 6.07) is 12.4. The van der Waals surface area contributed by atoms with Gasteiger partial charge in [-0.25, -0.2) is 9.18 Å². The van der Waals surface area contributed by atoms with Crippen LogP contribution in [0.15, 0.2) is 52.9 Å². The summed E-state index contributed by atoms with van der Waals surface area (Å²) in [4.78, 5) is 24.0. The molecule has 144 valence electrons. The van der Waals surface area contributed by atoms with Crippen molar-refractivity contribution in [2.24, 2.45) is 0 Å². The van der Waals surface area contributed by atoms with Crippen LogP contribution in [0.4, 0.5) is 25.7 Å². The Kier molecular flexibility index (Phi) is 6.56. The summed E-state index contributed by atoms with van der Waals surface area (Å²) in [5, 5.41) is 16.1. The summed E-state index contributed by atoms with van der Waals surface area (Å²) < 4.78 is 13.4. The molecule has 3 amide bonds. The van der Waals surface area contributed by atoms with Crippen LogP contribution in [-0.4, -0.2) is 27.9 Å². The molecule has 0 unspecified atom stereocenters. The van der Waals surface area contributed by atoms with E-state index in [0.717, 1.165) is 22.6 Å². The van der Waals surface area contributed by atoms with Gasteiger partial charge in [-0.15, -0.1) is 10.2 Å². The van der Waals surface area contributed by atoms with E-state index < -0.39 is 6.03 Å². The van der Waals surface area contributed by atoms with Crippen LogP contribution in [-0.2, 0) is 4.79 Å². The monoisotopic (exact) mass is 417 g/mol. The summed E-state index contributed by atoms with van der Waals surface area (Å²) in [5.41, 5.74) is 2.20. The number of carbonyl (C=O) groups excluding carboxylic acids is 2. The number of para-hydroxylation sites is 1. The fourth-order valence-electron chi connectivity index (χ4n) is 2.14. The molecule has 2 aromatic carbocycles. The molecule has 10 heteroatoms. The molecule has 28 heavy (non-hydrogen) atoms. The summed E-state index contributed by atoms with van der Waals surface area (Å²) >= 11 is 2.38. The zero-order valence-corrected chi connectivity index (χ0v) is 16.4. The zero-order valence-electron chi connectivity index (χ0n) is 14.7. The van der Waals surface area contributed by atoms with Crippen LogP contribution in [0, 0.1) is 12.7 Å². The number of urea groups is 1. The number of nitrogens with one attached hydrogen (secondary N) is 3. The summed E-state index contributed by atoms with van der Waals surface area (Å²) in [6.07, 6.45) is 0. The minimum Gasteiger partial charge on any atom is -0.325 e. The van der Waals surface area contributed by atoms with E-state index in [1.165, 1.54) is 36.0 Å². The van der Waals surface area contributed by atoms with Gasteiger partial charge in [0.15, 0.2) is 4.34 Å². The Morgan fingerprint density at radius 3 is 2.54 bits per heavy atom. The van der Waals surface area contributed by atoms with Crippen LogP contribution in [0.25, 0.3) is 0 Å². The lowest BCUT2D eigenvalue weighted by molar-refractivity contribution is -0.113. The van der Waals surface area contributed by atoms with Crippen LogP contribution < -0.4 is 16.0 Å². The lowest BCUT2D eigenvalue weighted by Gasteiger charge is -2.06. The number of amides is 3. The van der Waals surface area contributed by atoms with E-state index in [0.29, 0.717) is 15.2 Å². The number of halogens is 1. The fourth-order valence-corrected chi connectivity index (χ4v) is 3.69. The molecule has 0 atom stereocenters. The highest BCUT2D eigenvalue weighted by molar-refractivity contribution is 8.01. The Morgan fingerprint density at radius 2 is 1.79 bits per heavy atom. The van der Waals surface area contributed by atoms with Gasteiger partial charge in [0.1, 0.15) is 5.82 Å². The van der Waals surface area contributed by atoms with E-state index in [1.807, 2.05) is 31.2 Å². The number of hydrogen-bond acceptors (Lipinski definition) is 6. The second-order valence-electron chi connectivity index (χ2n) is 5.61. The van der Waals surface area contributed by atoms with Gasteiger partial charge in [0.05, 0.1) is 5.75 Å². The van der Waals surface area contributed by atoms with Gasteiger partial charge in [-0.1, -0.05) is 41.3 Å². The Morgan fingerprint density at radius 1 is 1.04 bits per heavy atom. The van der Waals surface area contributed by atoms with Gasteiger partial charge < -0.3 is 10.6 Å². The highest BCUT2D eigenvalue weighted by atomic mass is 32.2. The highest BCUT2D eigenvalue weighted by Gasteiger charge is 2.11. The van der Waals surface area contributed by atoms with Crippen molar-refractivity contribution in [3.63, 3.8) is 0 Å². The average Bonchev–Trinajstić information content (AvgIpc) is 3.11. The maximum absolute atomic E-state index is 12.9. The highest BCUT2D eigenvalue weighted by Crippen LogP contribution is 2.26. The second kappa shape index (κ2) is 9.29. The minimum absolute atomic E-state index is 0.155. The number of benzene rings is 2. The van der Waals surface area contributed by atoms with E-state index in [1.54, 1.807) is 0 Å². The molecule has 0 saturated carbocycles. The van der Waals surface area contributed by atoms with Crippen molar-refractivity contribution in [1.29, 1.82) is 0 Å². The number of nitrogens with zero attached hydrogens (tertiary/aromatic N) is 2. The van der Waals surface area contributed by atoms with Crippen LogP contribution in [0.2, 0.25) is 0 Å². The van der Waals surface area contributed by atoms with E-state index in [9.17, 15) is 14.0 Å². The molecule has 7 nitrogen and oxygen atoms in total. The van der Waals surface area contributed by atoms with Crippen molar-refractivity contribution >= 4 is 51.5 Å². The first-order valence-electron chi connectivity index (χ1n) is 8.15. The van der Waals surface area contributed by atoms with Gasteiger partial charge in [0.25, 0.3) is 0 Å². The molecule has 1 aromatic heterocycles. The lowest BCUT2D eigenvalue weighted by atomic mass is 10.2. The summed E-state index contributed by atoms with van der Waals surface area (Å²) in [6.45, 7) is 1.92. The lowest BCUT2D eigenvalue weighted by Crippen LogP contribution is -2.19. The summed E-state index contributed by atoms with van der Waals surface area (Å²) in [7, 11) is 0. The predicted molar refractivity (Wildman–Crippen MR) is 109 cm³/mol. The third kappa shape index (κ3) is 5.76. The van der Waals surface area contributed by atoms with Gasteiger partial charge >= 0.3 is 6.03 Å². The molecule has 0 aliphatic heterocycles. The van der Waals surface area contributed by atoms with Crippen LogP contribution in [0.5, 0.6) is 0 Å². The average molecular weight is 417 g/mol. The van der Waals surface area contributed by atoms with Crippen LogP contribution >= 0.6 is 23.1 Å². The molecular formula is C18H16FN5O2S2. The van der Waals surface area contributed by atoms with Gasteiger partial charge in [0, 0.05) is 11.4 Å². The minimum atomic E-state index is -0.517. The zero-order chi connectivity index (χ0) is 19.9. The molecule has 1 heterocycles. The number of thioether (sulfide) groups is 1. The number of aryl methyl sites for hydroxylation is 1. The van der Waals surface area contributed by atoms with E-state index in [-0.39, 0.29) is 17.5 Å². The number of hydrogen-bond donors (Lipinski definition) is 3. The Hall–Kier alpha value is -2.98. The third-order valence-electron chi connectivity index (χ3n) is 3.47.